The maximum absolute atomic E-state index is 7.00. The molecule has 0 bridgehead atoms. The molecule has 0 rings (SSSR count). The standard InChI is InChI=1S/BH2O2.Rb/c2-1-3;/h2-3H;/q-1;+1. The molecule has 18 valence electrons. The second-order valence-electron chi connectivity index (χ2n) is 0.115. The van der Waals surface area contributed by atoms with Crippen LogP contribution in [-0.2, 0) is 0 Å². The fourth-order valence-corrected chi connectivity index (χ4v) is 0. The van der Waals surface area contributed by atoms with Gasteiger partial charge in [0.05, 0.1) is 0 Å². The topological polar surface area (TPSA) is 40.5 Å². The summed E-state index contributed by atoms with van der Waals surface area (Å²) < 4.78 is 0. The molecule has 0 amide bonds. The third-order valence-corrected chi connectivity index (χ3v) is 0. The maximum Gasteiger partial charge on any atom is 1.00 e. The van der Waals surface area contributed by atoms with Gasteiger partial charge in [0.1, 0.15) is 0 Å². The molecule has 4 heavy (non-hydrogen) atoms. The summed E-state index contributed by atoms with van der Waals surface area (Å²) in [6, 6.07) is 0. The molecule has 0 atom stereocenters. The molecular weight excluding hydrogens is 128 g/mol. The molecule has 0 aliphatic rings. The zero-order valence-electron chi connectivity index (χ0n) is 2.47. The Hall–Kier alpha value is 1.79. The SMILES string of the molecule is O[B-]O.[Rb+]. The molecule has 0 fully saturated rings. The van der Waals surface area contributed by atoms with Gasteiger partial charge in [0.2, 0.25) is 0 Å². The van der Waals surface area contributed by atoms with Crippen LogP contribution in [0.15, 0.2) is 0 Å². The fraction of sp³-hybridized carbons (Fsp3) is 0. The van der Waals surface area contributed by atoms with Crippen molar-refractivity contribution in [2.75, 3.05) is 0 Å². The minimum atomic E-state index is 0. The molecule has 0 aliphatic carbocycles. The zero-order valence-corrected chi connectivity index (χ0v) is 7.39. The van der Waals surface area contributed by atoms with E-state index in [1.807, 2.05) is 0 Å². The van der Waals surface area contributed by atoms with E-state index in [-0.39, 0.29) is 65.9 Å². The van der Waals surface area contributed by atoms with E-state index in [1.54, 1.807) is 0 Å². The fourth-order valence-electron chi connectivity index (χ4n) is 0. The van der Waals surface area contributed by atoms with Crippen molar-refractivity contribution in [1.82, 2.24) is 0 Å². The van der Waals surface area contributed by atoms with Crippen LogP contribution in [0.1, 0.15) is 0 Å². The second kappa shape index (κ2) is 8.84. The van der Waals surface area contributed by atoms with Crippen molar-refractivity contribution >= 4 is 7.69 Å². The molecule has 0 unspecified atom stereocenters. The Kier molecular flexibility index (Phi) is 20.4. The van der Waals surface area contributed by atoms with Crippen LogP contribution in [0.3, 0.4) is 0 Å². The van der Waals surface area contributed by atoms with Gasteiger partial charge in [-0.25, -0.2) is 0 Å². The molecule has 2 N–H and O–H groups in total. The minimum Gasteiger partial charge on any atom is -0.639 e. The van der Waals surface area contributed by atoms with E-state index >= 15 is 0 Å². The van der Waals surface area contributed by atoms with Crippen molar-refractivity contribution in [1.29, 1.82) is 0 Å². The van der Waals surface area contributed by atoms with E-state index in [9.17, 15) is 0 Å². The average molecular weight is 130 g/mol. The van der Waals surface area contributed by atoms with Crippen LogP contribution in [0.5, 0.6) is 0 Å². The summed E-state index contributed by atoms with van der Waals surface area (Å²) in [5, 5.41) is 14.0. The maximum atomic E-state index is 7.00. The van der Waals surface area contributed by atoms with E-state index in [0.717, 1.165) is 0 Å². The van der Waals surface area contributed by atoms with Crippen LogP contribution in [0, 0.1) is 0 Å². The van der Waals surface area contributed by atoms with Gasteiger partial charge >= 0.3 is 58.2 Å². The molecule has 4 heteroatoms. The van der Waals surface area contributed by atoms with Crippen molar-refractivity contribution in [2.45, 2.75) is 0 Å². The Balaban J connectivity index is 0. The quantitative estimate of drug-likeness (QED) is 0.325. The van der Waals surface area contributed by atoms with Gasteiger partial charge < -0.3 is 10.0 Å². The zero-order chi connectivity index (χ0) is 2.71. The Morgan fingerprint density at radius 2 is 1.25 bits per heavy atom. The molecule has 0 aliphatic heterocycles. The Morgan fingerprint density at radius 3 is 1.25 bits per heavy atom. The molecule has 2 nitrogen and oxygen atoms in total. The normalized spacial score (nSPS) is 4.50. The van der Waals surface area contributed by atoms with Crippen LogP contribution in [0.25, 0.3) is 0 Å². The van der Waals surface area contributed by atoms with Gasteiger partial charge in [-0.15, -0.1) is 0 Å². The summed E-state index contributed by atoms with van der Waals surface area (Å²) >= 11 is 0. The first kappa shape index (κ1) is 9.25. The van der Waals surface area contributed by atoms with E-state index < -0.39 is 0 Å². The predicted molar refractivity (Wildman–Crippen MR) is 10.2 cm³/mol. The van der Waals surface area contributed by atoms with Crippen molar-refractivity contribution in [3.8, 4) is 0 Å². The Bertz CT molecular complexity index is 6.00. The van der Waals surface area contributed by atoms with Crippen LogP contribution >= 0.6 is 0 Å². The summed E-state index contributed by atoms with van der Waals surface area (Å²) in [5.41, 5.74) is 0. The van der Waals surface area contributed by atoms with Crippen molar-refractivity contribution in [2.24, 2.45) is 0 Å². The van der Waals surface area contributed by atoms with Gasteiger partial charge in [0.15, 0.2) is 0 Å². The Morgan fingerprint density at radius 1 is 1.25 bits per heavy atom. The molecule has 0 aromatic carbocycles. The minimum absolute atomic E-state index is 0. The largest absolute Gasteiger partial charge is 1.00 e. The number of rotatable bonds is 0. The first-order valence-electron chi connectivity index (χ1n) is 0.516. The van der Waals surface area contributed by atoms with E-state index in [2.05, 4.69) is 0 Å². The van der Waals surface area contributed by atoms with Crippen molar-refractivity contribution in [3.63, 3.8) is 0 Å². The van der Waals surface area contributed by atoms with E-state index in [4.69, 9.17) is 10.0 Å². The van der Waals surface area contributed by atoms with Gasteiger partial charge in [-0.3, -0.25) is 0 Å². The summed E-state index contributed by atoms with van der Waals surface area (Å²) in [5.74, 6) is 0. The summed E-state index contributed by atoms with van der Waals surface area (Å²) in [6.45, 7) is 0. The van der Waals surface area contributed by atoms with E-state index in [0.29, 0.717) is 0 Å². The number of hydrogen-bond donors (Lipinski definition) is 2. The predicted octanol–water partition coefficient (Wildman–Crippen LogP) is -4.49. The molecule has 0 aromatic rings. The monoisotopic (exact) mass is 130 g/mol. The third-order valence-electron chi connectivity index (χ3n) is 0. The first-order chi connectivity index (χ1) is 1.41. The molecule has 0 heterocycles. The van der Waals surface area contributed by atoms with Crippen molar-refractivity contribution < 1.29 is 68.2 Å². The second-order valence-corrected chi connectivity index (χ2v) is 0.115. The van der Waals surface area contributed by atoms with Gasteiger partial charge in [0.25, 0.3) is 0 Å². The van der Waals surface area contributed by atoms with Gasteiger partial charge in [-0.1, -0.05) is 0 Å². The molecule has 0 saturated carbocycles. The van der Waals surface area contributed by atoms with E-state index in [1.165, 1.54) is 0 Å². The van der Waals surface area contributed by atoms with Crippen LogP contribution < -0.4 is 58.2 Å². The molecular formula is H2BO2Rb. The van der Waals surface area contributed by atoms with Gasteiger partial charge in [-0.05, 0) is 7.69 Å². The third kappa shape index (κ3) is 9.21. The molecule has 0 spiro atoms. The molecule has 0 saturated heterocycles. The average Bonchev–Trinajstić information content (AvgIpc) is 0.918. The van der Waals surface area contributed by atoms with Gasteiger partial charge in [0, 0.05) is 0 Å². The van der Waals surface area contributed by atoms with Crippen LogP contribution in [0.4, 0.5) is 0 Å². The van der Waals surface area contributed by atoms with Crippen LogP contribution in [-0.4, -0.2) is 17.7 Å². The van der Waals surface area contributed by atoms with Gasteiger partial charge in [-0.2, -0.15) is 0 Å². The van der Waals surface area contributed by atoms with Crippen LogP contribution in [0.2, 0.25) is 0 Å². The summed E-state index contributed by atoms with van der Waals surface area (Å²) in [6.07, 6.45) is 0. The smallest absolute Gasteiger partial charge is 0.639 e. The summed E-state index contributed by atoms with van der Waals surface area (Å²) in [4.78, 5) is 0. The molecule has 2 radical (unpaired) electrons. The van der Waals surface area contributed by atoms with Crippen molar-refractivity contribution in [3.05, 3.63) is 0 Å². The molecule has 0 aromatic heterocycles. The Labute approximate surface area is 74.3 Å². The summed E-state index contributed by atoms with van der Waals surface area (Å²) in [7, 11) is 0. The first-order valence-corrected chi connectivity index (χ1v) is 0.516. The number of hydrogen-bond acceptors (Lipinski definition) is 2.